The molecule has 32 heavy (non-hydrogen) atoms. The van der Waals surface area contributed by atoms with Gasteiger partial charge in [0.05, 0.1) is 24.9 Å². The number of hydrogen-bond donors (Lipinski definition) is 1. The van der Waals surface area contributed by atoms with Gasteiger partial charge in [0.1, 0.15) is 11.2 Å². The van der Waals surface area contributed by atoms with Crippen LogP contribution in [-0.2, 0) is 11.3 Å². The maximum atomic E-state index is 13.3. The summed E-state index contributed by atoms with van der Waals surface area (Å²) in [5.41, 5.74) is 2.47. The molecule has 0 unspecified atom stereocenters. The molecule has 0 aliphatic heterocycles. The van der Waals surface area contributed by atoms with Gasteiger partial charge in [0.25, 0.3) is 11.5 Å². The van der Waals surface area contributed by atoms with Crippen molar-refractivity contribution in [2.24, 2.45) is 0 Å². The highest BCUT2D eigenvalue weighted by Gasteiger charge is 2.19. The van der Waals surface area contributed by atoms with Crippen LogP contribution in [0.1, 0.15) is 31.8 Å². The van der Waals surface area contributed by atoms with E-state index in [-0.39, 0.29) is 23.4 Å². The first-order valence-electron chi connectivity index (χ1n) is 10.0. The fraction of sp³-hybridized carbons (Fsp3) is 0.120. The molecule has 0 spiro atoms. The van der Waals surface area contributed by atoms with E-state index in [4.69, 9.17) is 4.74 Å². The Morgan fingerprint density at radius 1 is 1.00 bits per heavy atom. The lowest BCUT2D eigenvalue weighted by atomic mass is 10.1. The number of aryl methyl sites for hydroxylation is 1. The molecule has 0 fully saturated rings. The number of anilines is 1. The van der Waals surface area contributed by atoms with Crippen LogP contribution in [0.2, 0.25) is 0 Å². The van der Waals surface area contributed by atoms with Crippen LogP contribution in [0, 0.1) is 6.92 Å². The van der Waals surface area contributed by atoms with Crippen molar-refractivity contribution in [3.8, 4) is 0 Å². The quantitative estimate of drug-likeness (QED) is 0.490. The first kappa shape index (κ1) is 21.0. The van der Waals surface area contributed by atoms with E-state index < -0.39 is 17.4 Å². The Bertz CT molecular complexity index is 1370. The summed E-state index contributed by atoms with van der Waals surface area (Å²) < 4.78 is 6.26. The van der Waals surface area contributed by atoms with Gasteiger partial charge in [-0.2, -0.15) is 0 Å². The number of nitrogens with one attached hydrogen (secondary N) is 1. The van der Waals surface area contributed by atoms with Gasteiger partial charge in [-0.05, 0) is 42.8 Å². The number of carbonyl (C=O) groups excluding carboxylic acids is 2. The first-order chi connectivity index (χ1) is 15.5. The van der Waals surface area contributed by atoms with Crippen LogP contribution in [0.4, 0.5) is 5.69 Å². The molecule has 160 valence electrons. The van der Waals surface area contributed by atoms with Gasteiger partial charge in [-0.3, -0.25) is 14.2 Å². The lowest BCUT2D eigenvalue weighted by Gasteiger charge is -2.13. The Kier molecular flexibility index (Phi) is 5.81. The maximum absolute atomic E-state index is 13.3. The van der Waals surface area contributed by atoms with Crippen molar-refractivity contribution in [2.45, 2.75) is 13.5 Å². The third-order valence-corrected chi connectivity index (χ3v) is 5.13. The van der Waals surface area contributed by atoms with Crippen LogP contribution in [0.3, 0.4) is 0 Å². The molecule has 0 saturated heterocycles. The molecular weight excluding hydrogens is 406 g/mol. The Morgan fingerprint density at radius 2 is 1.75 bits per heavy atom. The summed E-state index contributed by atoms with van der Waals surface area (Å²) in [6, 6.07) is 19.4. The minimum Gasteiger partial charge on any atom is -0.465 e. The number of benzene rings is 2. The Morgan fingerprint density at radius 3 is 2.50 bits per heavy atom. The molecule has 1 N–H and O–H groups in total. The van der Waals surface area contributed by atoms with Crippen LogP contribution < -0.4 is 10.9 Å². The normalized spacial score (nSPS) is 10.7. The molecule has 2 heterocycles. The van der Waals surface area contributed by atoms with Gasteiger partial charge in [0.2, 0.25) is 0 Å². The molecule has 1 amide bonds. The van der Waals surface area contributed by atoms with E-state index >= 15 is 0 Å². The van der Waals surface area contributed by atoms with Gasteiger partial charge >= 0.3 is 5.97 Å². The van der Waals surface area contributed by atoms with Crippen LogP contribution in [-0.4, -0.2) is 28.5 Å². The zero-order chi connectivity index (χ0) is 22.7. The lowest BCUT2D eigenvalue weighted by Crippen LogP contribution is -2.30. The summed E-state index contributed by atoms with van der Waals surface area (Å²) in [4.78, 5) is 42.8. The van der Waals surface area contributed by atoms with E-state index in [1.54, 1.807) is 42.6 Å². The largest absolute Gasteiger partial charge is 0.465 e. The molecule has 0 radical (unpaired) electrons. The van der Waals surface area contributed by atoms with E-state index in [0.717, 1.165) is 11.1 Å². The number of hydrogen-bond acceptors (Lipinski definition) is 5. The third kappa shape index (κ3) is 4.13. The summed E-state index contributed by atoms with van der Waals surface area (Å²) in [5, 5.41) is 3.33. The molecule has 0 aliphatic rings. The summed E-state index contributed by atoms with van der Waals surface area (Å²) in [6.45, 7) is 2.26. The van der Waals surface area contributed by atoms with Gasteiger partial charge in [0.15, 0.2) is 0 Å². The standard InChI is InChI=1S/C25H21N3O4/c1-16-9-11-17(12-10-16)15-28-22-18(6-5-13-26-22)14-20(24(28)30)23(29)27-21-8-4-3-7-19(21)25(31)32-2/h3-14H,15H2,1-2H3,(H,27,29). The van der Waals surface area contributed by atoms with E-state index in [9.17, 15) is 14.4 Å². The molecule has 4 aromatic rings. The fourth-order valence-electron chi connectivity index (χ4n) is 3.46. The number of aromatic nitrogens is 2. The molecule has 7 nitrogen and oxygen atoms in total. The average Bonchev–Trinajstić information content (AvgIpc) is 2.81. The van der Waals surface area contributed by atoms with Crippen LogP contribution in [0.5, 0.6) is 0 Å². The smallest absolute Gasteiger partial charge is 0.339 e. The van der Waals surface area contributed by atoms with Crippen LogP contribution in [0.25, 0.3) is 11.0 Å². The lowest BCUT2D eigenvalue weighted by molar-refractivity contribution is 0.0602. The molecule has 2 aromatic heterocycles. The summed E-state index contributed by atoms with van der Waals surface area (Å²) in [5.74, 6) is -1.20. The van der Waals surface area contributed by atoms with Crippen molar-refractivity contribution in [2.75, 3.05) is 12.4 Å². The predicted octanol–water partition coefficient (Wildman–Crippen LogP) is 3.79. The minimum atomic E-state index is -0.616. The van der Waals surface area contributed by atoms with Gasteiger partial charge in [-0.25, -0.2) is 9.78 Å². The fourth-order valence-corrected chi connectivity index (χ4v) is 3.46. The second-order valence-electron chi connectivity index (χ2n) is 7.34. The number of carbonyl (C=O) groups is 2. The highest BCUT2D eigenvalue weighted by Crippen LogP contribution is 2.18. The Hall–Kier alpha value is -4.26. The van der Waals surface area contributed by atoms with Crippen molar-refractivity contribution in [1.82, 2.24) is 9.55 Å². The maximum Gasteiger partial charge on any atom is 0.339 e. The van der Waals surface area contributed by atoms with E-state index in [2.05, 4.69) is 10.3 Å². The Labute approximate surface area is 184 Å². The van der Waals surface area contributed by atoms with Gasteiger partial charge in [-0.1, -0.05) is 42.0 Å². The van der Waals surface area contributed by atoms with Gasteiger partial charge in [-0.15, -0.1) is 0 Å². The molecule has 2 aromatic carbocycles. The second-order valence-corrected chi connectivity index (χ2v) is 7.34. The highest BCUT2D eigenvalue weighted by molar-refractivity contribution is 6.08. The molecule has 7 heteroatoms. The number of fused-ring (bicyclic) bond motifs is 1. The first-order valence-corrected chi connectivity index (χ1v) is 10.0. The highest BCUT2D eigenvalue weighted by atomic mass is 16.5. The van der Waals surface area contributed by atoms with Gasteiger partial charge < -0.3 is 10.1 Å². The van der Waals surface area contributed by atoms with Crippen molar-refractivity contribution in [1.29, 1.82) is 0 Å². The summed E-state index contributed by atoms with van der Waals surface area (Å²) >= 11 is 0. The summed E-state index contributed by atoms with van der Waals surface area (Å²) in [6.07, 6.45) is 1.61. The van der Waals surface area contributed by atoms with E-state index in [1.165, 1.54) is 17.7 Å². The number of amides is 1. The number of para-hydroxylation sites is 1. The molecule has 4 rings (SSSR count). The topological polar surface area (TPSA) is 90.3 Å². The zero-order valence-corrected chi connectivity index (χ0v) is 17.7. The molecular formula is C25H21N3O4. The number of esters is 1. The Balaban J connectivity index is 1.77. The molecule has 0 bridgehead atoms. The van der Waals surface area contributed by atoms with E-state index in [0.29, 0.717) is 11.0 Å². The molecule has 0 aliphatic carbocycles. The number of pyridine rings is 2. The van der Waals surface area contributed by atoms with Crippen molar-refractivity contribution in [3.05, 3.63) is 106 Å². The molecule has 0 atom stereocenters. The van der Waals surface area contributed by atoms with Crippen LogP contribution in [0.15, 0.2) is 77.7 Å². The monoisotopic (exact) mass is 427 g/mol. The predicted molar refractivity (Wildman–Crippen MR) is 122 cm³/mol. The number of rotatable bonds is 5. The van der Waals surface area contributed by atoms with Crippen molar-refractivity contribution >= 4 is 28.6 Å². The summed E-state index contributed by atoms with van der Waals surface area (Å²) in [7, 11) is 1.26. The average molecular weight is 427 g/mol. The second kappa shape index (κ2) is 8.85. The molecule has 0 saturated carbocycles. The van der Waals surface area contributed by atoms with Crippen molar-refractivity contribution < 1.29 is 14.3 Å². The van der Waals surface area contributed by atoms with Crippen LogP contribution >= 0.6 is 0 Å². The SMILES string of the molecule is COC(=O)c1ccccc1NC(=O)c1cc2cccnc2n(Cc2ccc(C)cc2)c1=O. The van der Waals surface area contributed by atoms with Gasteiger partial charge in [0, 0.05) is 11.6 Å². The third-order valence-electron chi connectivity index (χ3n) is 5.13. The number of methoxy groups -OCH3 is 1. The zero-order valence-electron chi connectivity index (χ0n) is 17.7. The number of nitrogens with zero attached hydrogens (tertiary/aromatic N) is 2. The van der Waals surface area contributed by atoms with Crippen molar-refractivity contribution in [3.63, 3.8) is 0 Å². The number of ether oxygens (including phenoxy) is 1. The minimum absolute atomic E-state index is 0.0442. The van der Waals surface area contributed by atoms with E-state index in [1.807, 2.05) is 31.2 Å².